The van der Waals surface area contributed by atoms with Gasteiger partial charge in [0, 0.05) is 0 Å². The molecule has 0 spiro atoms. The van der Waals surface area contributed by atoms with Gasteiger partial charge in [0.15, 0.2) is 46.5 Å². The van der Waals surface area contributed by atoms with E-state index in [1.807, 2.05) is 10.6 Å². The van der Waals surface area contributed by atoms with Crippen LogP contribution in [0.25, 0.3) is 0 Å². The smallest absolute Gasteiger partial charge is 0.200 e. The molecule has 1 heterocycles. The highest BCUT2D eigenvalue weighted by atomic mass is 19.2. The maximum absolute atomic E-state index is 13.7. The number of hydrogen-bond donors (Lipinski definition) is 2. The molecular formula is C19H9F10N3. The van der Waals surface area contributed by atoms with Crippen molar-refractivity contribution in [2.45, 2.75) is 13.1 Å². The topological polar surface area (TPSA) is 37.0 Å². The predicted molar refractivity (Wildman–Crippen MR) is 91.4 cm³/mol. The molecule has 0 saturated carbocycles. The molecule has 0 radical (unpaired) electrons. The van der Waals surface area contributed by atoms with Crippen LogP contribution in [-0.2, 0) is 13.1 Å². The molecule has 3 nitrogen and oxygen atoms in total. The SMILES string of the molecule is Fc1c(F)c(F)c(NCc2cccc(CNc3c(F)c(F)c(F)c(F)c3F)n2)c(F)c1F. The lowest BCUT2D eigenvalue weighted by Crippen LogP contribution is -2.12. The molecule has 13 heteroatoms. The highest BCUT2D eigenvalue weighted by Crippen LogP contribution is 2.28. The van der Waals surface area contributed by atoms with E-state index in [4.69, 9.17) is 0 Å². The molecule has 3 aromatic rings. The molecule has 0 bridgehead atoms. The first-order chi connectivity index (χ1) is 15.0. The third-order valence-electron chi connectivity index (χ3n) is 4.18. The molecule has 0 aliphatic rings. The van der Waals surface area contributed by atoms with Crippen molar-refractivity contribution in [3.63, 3.8) is 0 Å². The van der Waals surface area contributed by atoms with Crippen LogP contribution in [0.15, 0.2) is 18.2 Å². The molecule has 3 rings (SSSR count). The minimum Gasteiger partial charge on any atom is -0.374 e. The second kappa shape index (κ2) is 8.93. The Balaban J connectivity index is 1.77. The van der Waals surface area contributed by atoms with Crippen molar-refractivity contribution in [3.8, 4) is 0 Å². The number of nitrogens with one attached hydrogen (secondary N) is 2. The summed E-state index contributed by atoms with van der Waals surface area (Å²) < 4.78 is 134. The van der Waals surface area contributed by atoms with Gasteiger partial charge < -0.3 is 10.6 Å². The minimum atomic E-state index is -2.33. The summed E-state index contributed by atoms with van der Waals surface area (Å²) in [5, 5.41) is 4.01. The lowest BCUT2D eigenvalue weighted by molar-refractivity contribution is 0.381. The van der Waals surface area contributed by atoms with E-state index in [0.29, 0.717) is 0 Å². The standard InChI is InChI=1S/C19H9F10N3/c20-8-10(22)14(26)18(15(27)11(8)23)30-4-6-2-1-3-7(32-6)5-31-19-16(28)12(24)9(21)13(25)17(19)29/h1-3,30-31H,4-5H2. The summed E-state index contributed by atoms with van der Waals surface area (Å²) in [6.45, 7) is -1.07. The van der Waals surface area contributed by atoms with Crippen LogP contribution in [0.5, 0.6) is 0 Å². The first-order valence-electron chi connectivity index (χ1n) is 8.50. The first kappa shape index (κ1) is 23.2. The fourth-order valence-electron chi connectivity index (χ4n) is 2.60. The van der Waals surface area contributed by atoms with Gasteiger partial charge in [0.2, 0.25) is 11.6 Å². The van der Waals surface area contributed by atoms with E-state index in [-0.39, 0.29) is 11.4 Å². The van der Waals surface area contributed by atoms with E-state index >= 15 is 0 Å². The molecule has 0 amide bonds. The molecule has 1 aromatic heterocycles. The van der Waals surface area contributed by atoms with Gasteiger partial charge in [-0.1, -0.05) is 6.07 Å². The average Bonchev–Trinajstić information content (AvgIpc) is 2.79. The van der Waals surface area contributed by atoms with Crippen LogP contribution >= 0.6 is 0 Å². The van der Waals surface area contributed by atoms with E-state index in [1.165, 1.54) is 18.2 Å². The third-order valence-corrected chi connectivity index (χ3v) is 4.18. The quantitative estimate of drug-likeness (QED) is 0.277. The fourth-order valence-corrected chi connectivity index (χ4v) is 2.60. The van der Waals surface area contributed by atoms with Crippen molar-refractivity contribution in [1.29, 1.82) is 0 Å². The van der Waals surface area contributed by atoms with Crippen LogP contribution in [-0.4, -0.2) is 4.98 Å². The van der Waals surface area contributed by atoms with Crippen molar-refractivity contribution in [3.05, 3.63) is 87.8 Å². The van der Waals surface area contributed by atoms with Gasteiger partial charge in [-0.05, 0) is 12.1 Å². The van der Waals surface area contributed by atoms with Crippen LogP contribution in [0.3, 0.4) is 0 Å². The molecule has 2 N–H and O–H groups in total. The first-order valence-corrected chi connectivity index (χ1v) is 8.50. The van der Waals surface area contributed by atoms with Gasteiger partial charge in [-0.15, -0.1) is 0 Å². The van der Waals surface area contributed by atoms with Crippen LogP contribution in [0.2, 0.25) is 0 Å². The average molecular weight is 469 g/mol. The molecule has 32 heavy (non-hydrogen) atoms. The van der Waals surface area contributed by atoms with Crippen LogP contribution in [0.4, 0.5) is 55.3 Å². The second-order valence-corrected chi connectivity index (χ2v) is 6.22. The second-order valence-electron chi connectivity index (χ2n) is 6.22. The molecule has 0 atom stereocenters. The third kappa shape index (κ3) is 4.14. The zero-order chi connectivity index (χ0) is 23.7. The highest BCUT2D eigenvalue weighted by Gasteiger charge is 2.26. The molecule has 170 valence electrons. The summed E-state index contributed by atoms with van der Waals surface area (Å²) >= 11 is 0. The maximum atomic E-state index is 13.7. The number of anilines is 2. The summed E-state index contributed by atoms with van der Waals surface area (Å²) in [7, 11) is 0. The number of pyridine rings is 1. The van der Waals surface area contributed by atoms with E-state index in [9.17, 15) is 43.9 Å². The molecule has 0 aliphatic heterocycles. The van der Waals surface area contributed by atoms with Gasteiger partial charge in [0.05, 0.1) is 24.5 Å². The van der Waals surface area contributed by atoms with Crippen LogP contribution in [0.1, 0.15) is 11.4 Å². The zero-order valence-electron chi connectivity index (χ0n) is 15.4. The van der Waals surface area contributed by atoms with Gasteiger partial charge in [-0.25, -0.2) is 43.9 Å². The lowest BCUT2D eigenvalue weighted by atomic mass is 10.2. The predicted octanol–water partition coefficient (Wildman–Crippen LogP) is 5.70. The van der Waals surface area contributed by atoms with Crippen molar-refractivity contribution < 1.29 is 43.9 Å². The Morgan fingerprint density at radius 1 is 0.469 bits per heavy atom. The van der Waals surface area contributed by atoms with Crippen molar-refractivity contribution in [2.75, 3.05) is 10.6 Å². The monoisotopic (exact) mass is 469 g/mol. The van der Waals surface area contributed by atoms with E-state index in [0.717, 1.165) is 0 Å². The Morgan fingerprint density at radius 3 is 1.06 bits per heavy atom. The summed E-state index contributed by atoms with van der Waals surface area (Å²) in [5.41, 5.74) is -2.61. The van der Waals surface area contributed by atoms with Crippen molar-refractivity contribution in [2.24, 2.45) is 0 Å². The molecular weight excluding hydrogens is 460 g/mol. The highest BCUT2D eigenvalue weighted by molar-refractivity contribution is 5.49. The summed E-state index contributed by atoms with van der Waals surface area (Å²) in [4.78, 5) is 3.91. The van der Waals surface area contributed by atoms with Crippen LogP contribution in [0, 0.1) is 58.2 Å². The molecule has 0 saturated heterocycles. The summed E-state index contributed by atoms with van der Waals surface area (Å²) in [5.74, 6) is -21.6. The number of hydrogen-bond acceptors (Lipinski definition) is 3. The van der Waals surface area contributed by atoms with Gasteiger partial charge in [0.25, 0.3) is 0 Å². The van der Waals surface area contributed by atoms with Crippen LogP contribution < -0.4 is 10.6 Å². The summed E-state index contributed by atoms with van der Waals surface area (Å²) in [6, 6.07) is 3.87. The Bertz CT molecular complexity index is 1050. The van der Waals surface area contributed by atoms with Gasteiger partial charge in [-0.3, -0.25) is 4.98 Å². The van der Waals surface area contributed by atoms with E-state index < -0.39 is 82.6 Å². The number of benzene rings is 2. The normalized spacial score (nSPS) is 11.1. The van der Waals surface area contributed by atoms with Gasteiger partial charge in [-0.2, -0.15) is 0 Å². The number of halogens is 10. The van der Waals surface area contributed by atoms with Gasteiger partial charge in [0.1, 0.15) is 11.4 Å². The van der Waals surface area contributed by atoms with Crippen molar-refractivity contribution in [1.82, 2.24) is 4.98 Å². The molecule has 2 aromatic carbocycles. The number of aromatic nitrogens is 1. The number of nitrogens with zero attached hydrogens (tertiary/aromatic N) is 1. The Kier molecular flexibility index (Phi) is 6.46. The van der Waals surface area contributed by atoms with Gasteiger partial charge >= 0.3 is 0 Å². The lowest BCUT2D eigenvalue weighted by Gasteiger charge is -2.12. The van der Waals surface area contributed by atoms with Crippen molar-refractivity contribution >= 4 is 11.4 Å². The molecule has 0 fully saturated rings. The number of rotatable bonds is 6. The summed E-state index contributed by atoms with van der Waals surface area (Å²) in [6.07, 6.45) is 0. The molecule has 0 unspecified atom stereocenters. The van der Waals surface area contributed by atoms with E-state index in [2.05, 4.69) is 4.98 Å². The molecule has 0 aliphatic carbocycles. The maximum Gasteiger partial charge on any atom is 0.200 e. The Labute approximate surface area is 172 Å². The minimum absolute atomic E-state index is 0.00866. The Morgan fingerprint density at radius 2 is 0.750 bits per heavy atom. The largest absolute Gasteiger partial charge is 0.374 e. The Hall–Kier alpha value is -3.51. The zero-order valence-corrected chi connectivity index (χ0v) is 15.4. The van der Waals surface area contributed by atoms with E-state index in [1.54, 1.807) is 0 Å². The fraction of sp³-hybridized carbons (Fsp3) is 0.105.